The summed E-state index contributed by atoms with van der Waals surface area (Å²) in [4.78, 5) is 6.70. The summed E-state index contributed by atoms with van der Waals surface area (Å²) >= 11 is 0. The minimum atomic E-state index is -4.21. The SMILES string of the molecule is CC=C1C=CC(=Nc2ccc(N(C)C)cc2SS(=O)(=O)O)C=C1. The first-order valence-corrected chi connectivity index (χ1v) is 9.65. The van der Waals surface area contributed by atoms with Crippen LogP contribution in [0.4, 0.5) is 11.4 Å². The summed E-state index contributed by atoms with van der Waals surface area (Å²) < 4.78 is 31.6. The van der Waals surface area contributed by atoms with Crippen molar-refractivity contribution < 1.29 is 13.0 Å². The Morgan fingerprint density at radius 3 is 2.35 bits per heavy atom. The van der Waals surface area contributed by atoms with Gasteiger partial charge in [-0.2, -0.15) is 8.42 Å². The van der Waals surface area contributed by atoms with Crippen molar-refractivity contribution in [3.05, 3.63) is 54.2 Å². The molecule has 0 radical (unpaired) electrons. The molecule has 1 aliphatic rings. The second kappa shape index (κ2) is 7.16. The first-order valence-electron chi connectivity index (χ1n) is 6.88. The van der Waals surface area contributed by atoms with E-state index in [0.29, 0.717) is 27.1 Å². The standard InChI is InChI=1S/C16H18N2O3S2/c1-4-12-5-7-13(8-6-12)17-15-10-9-14(18(2)3)11-16(15)22-23(19,20)21/h4-11H,1-3H3,(H,19,20,21). The molecule has 2 rings (SSSR count). The molecule has 0 aliphatic heterocycles. The lowest BCUT2D eigenvalue weighted by Crippen LogP contribution is -2.08. The van der Waals surface area contributed by atoms with Gasteiger partial charge in [-0.1, -0.05) is 18.2 Å². The maximum atomic E-state index is 11.2. The Morgan fingerprint density at radius 2 is 1.83 bits per heavy atom. The smallest absolute Gasteiger partial charge is 0.324 e. The van der Waals surface area contributed by atoms with E-state index in [2.05, 4.69) is 4.99 Å². The summed E-state index contributed by atoms with van der Waals surface area (Å²) in [7, 11) is -0.115. The fraction of sp³-hybridized carbons (Fsp3) is 0.188. The highest BCUT2D eigenvalue weighted by Crippen LogP contribution is 2.36. The number of anilines is 1. The third-order valence-corrected chi connectivity index (χ3v) is 5.02. The number of benzene rings is 1. The summed E-state index contributed by atoms with van der Waals surface area (Å²) in [5.41, 5.74) is 3.11. The lowest BCUT2D eigenvalue weighted by atomic mass is 10.1. The Bertz CT molecular complexity index is 802. The highest BCUT2D eigenvalue weighted by atomic mass is 33.1. The maximum absolute atomic E-state index is 11.2. The molecule has 1 aromatic rings. The van der Waals surface area contributed by atoms with E-state index in [1.54, 1.807) is 12.1 Å². The first-order chi connectivity index (χ1) is 10.8. The summed E-state index contributed by atoms with van der Waals surface area (Å²) in [6.45, 7) is 1.95. The Labute approximate surface area is 140 Å². The zero-order valence-electron chi connectivity index (χ0n) is 13.1. The van der Waals surface area contributed by atoms with E-state index in [0.717, 1.165) is 11.3 Å². The molecule has 1 aliphatic carbocycles. The second-order valence-corrected chi connectivity index (χ2v) is 8.28. The van der Waals surface area contributed by atoms with E-state index in [-0.39, 0.29) is 0 Å². The molecule has 1 aromatic carbocycles. The molecule has 0 bridgehead atoms. The monoisotopic (exact) mass is 350 g/mol. The minimum absolute atomic E-state index is 0.379. The average molecular weight is 350 g/mol. The van der Waals surface area contributed by atoms with Gasteiger partial charge >= 0.3 is 9.15 Å². The quantitative estimate of drug-likeness (QED) is 0.661. The van der Waals surface area contributed by atoms with E-state index in [4.69, 9.17) is 4.55 Å². The van der Waals surface area contributed by atoms with Gasteiger partial charge in [-0.05, 0) is 42.8 Å². The summed E-state index contributed by atoms with van der Waals surface area (Å²) in [6.07, 6.45) is 9.56. The minimum Gasteiger partial charge on any atom is -0.378 e. The number of hydrogen-bond acceptors (Lipinski definition) is 5. The Morgan fingerprint density at radius 1 is 1.17 bits per heavy atom. The van der Waals surface area contributed by atoms with E-state index >= 15 is 0 Å². The molecule has 0 spiro atoms. The van der Waals surface area contributed by atoms with Crippen LogP contribution in [0.25, 0.3) is 0 Å². The molecular formula is C16H18N2O3S2. The van der Waals surface area contributed by atoms with E-state index < -0.39 is 9.15 Å². The fourth-order valence-electron chi connectivity index (χ4n) is 1.93. The van der Waals surface area contributed by atoms with Crippen molar-refractivity contribution in [3.8, 4) is 0 Å². The summed E-state index contributed by atoms with van der Waals surface area (Å²) in [6, 6.07) is 5.27. The number of aliphatic imine (C=N–C) groups is 1. The lowest BCUT2D eigenvalue weighted by molar-refractivity contribution is 0.503. The van der Waals surface area contributed by atoms with Gasteiger partial charge in [0.15, 0.2) is 0 Å². The number of rotatable bonds is 4. The Hall–Kier alpha value is -1.83. The highest BCUT2D eigenvalue weighted by Gasteiger charge is 2.14. The predicted octanol–water partition coefficient (Wildman–Crippen LogP) is 3.79. The van der Waals surface area contributed by atoms with Gasteiger partial charge in [0.1, 0.15) is 0 Å². The van der Waals surface area contributed by atoms with Gasteiger partial charge < -0.3 is 4.90 Å². The third kappa shape index (κ3) is 5.09. The summed E-state index contributed by atoms with van der Waals surface area (Å²) in [5.74, 6) is 0. The normalized spacial score (nSPS) is 14.1. The topological polar surface area (TPSA) is 70.0 Å². The van der Waals surface area contributed by atoms with Crippen LogP contribution in [0.3, 0.4) is 0 Å². The van der Waals surface area contributed by atoms with Crippen LogP contribution >= 0.6 is 10.8 Å². The first kappa shape index (κ1) is 17.5. The van der Waals surface area contributed by atoms with Crippen LogP contribution in [0.5, 0.6) is 0 Å². The molecule has 122 valence electrons. The molecule has 0 saturated carbocycles. The number of nitrogens with zero attached hydrogens (tertiary/aromatic N) is 2. The number of hydrogen-bond donors (Lipinski definition) is 1. The molecule has 0 atom stereocenters. The Kier molecular flexibility index (Phi) is 5.46. The lowest BCUT2D eigenvalue weighted by Gasteiger charge is -2.14. The van der Waals surface area contributed by atoms with Gasteiger partial charge in [0.05, 0.1) is 16.3 Å². The van der Waals surface area contributed by atoms with Crippen molar-refractivity contribution in [2.75, 3.05) is 19.0 Å². The van der Waals surface area contributed by atoms with Crippen molar-refractivity contribution >= 4 is 37.0 Å². The van der Waals surface area contributed by atoms with Crippen LogP contribution in [0, 0.1) is 0 Å². The fourth-order valence-corrected chi connectivity index (χ4v) is 3.61. The van der Waals surface area contributed by atoms with Crippen LogP contribution in [-0.4, -0.2) is 32.8 Å². The van der Waals surface area contributed by atoms with Gasteiger partial charge in [-0.3, -0.25) is 4.55 Å². The second-order valence-electron chi connectivity index (χ2n) is 5.05. The van der Waals surface area contributed by atoms with Crippen molar-refractivity contribution in [2.45, 2.75) is 11.8 Å². The van der Waals surface area contributed by atoms with Crippen LogP contribution in [0.1, 0.15) is 6.92 Å². The van der Waals surface area contributed by atoms with Gasteiger partial charge in [0.25, 0.3) is 0 Å². The molecule has 5 nitrogen and oxygen atoms in total. The predicted molar refractivity (Wildman–Crippen MR) is 97.3 cm³/mol. The van der Waals surface area contributed by atoms with Crippen molar-refractivity contribution in [3.63, 3.8) is 0 Å². The van der Waals surface area contributed by atoms with Crippen LogP contribution in [-0.2, 0) is 9.15 Å². The number of allylic oxidation sites excluding steroid dienone is 6. The molecule has 7 heteroatoms. The van der Waals surface area contributed by atoms with Gasteiger partial charge in [0.2, 0.25) is 0 Å². The molecule has 1 N–H and O–H groups in total. The zero-order chi connectivity index (χ0) is 17.0. The molecule has 0 amide bonds. The molecule has 23 heavy (non-hydrogen) atoms. The maximum Gasteiger partial charge on any atom is 0.324 e. The van der Waals surface area contributed by atoms with Gasteiger partial charge in [-0.15, -0.1) is 0 Å². The Balaban J connectivity index is 2.44. The van der Waals surface area contributed by atoms with Crippen molar-refractivity contribution in [1.29, 1.82) is 0 Å². The zero-order valence-corrected chi connectivity index (χ0v) is 14.7. The van der Waals surface area contributed by atoms with Crippen molar-refractivity contribution in [1.82, 2.24) is 0 Å². The molecular weight excluding hydrogens is 332 g/mol. The van der Waals surface area contributed by atoms with Crippen LogP contribution < -0.4 is 4.90 Å². The van der Waals surface area contributed by atoms with E-state index in [1.165, 1.54) is 0 Å². The average Bonchev–Trinajstić information content (AvgIpc) is 2.48. The molecule has 0 heterocycles. The molecule has 0 aromatic heterocycles. The highest BCUT2D eigenvalue weighted by molar-refractivity contribution is 8.70. The van der Waals surface area contributed by atoms with Gasteiger partial charge in [0, 0.05) is 30.6 Å². The van der Waals surface area contributed by atoms with Gasteiger partial charge in [-0.25, -0.2) is 4.99 Å². The van der Waals surface area contributed by atoms with Crippen LogP contribution in [0.2, 0.25) is 0 Å². The van der Waals surface area contributed by atoms with E-state index in [9.17, 15) is 8.42 Å². The third-order valence-electron chi connectivity index (χ3n) is 3.13. The largest absolute Gasteiger partial charge is 0.378 e. The molecule has 0 saturated heterocycles. The van der Waals surface area contributed by atoms with Crippen LogP contribution in [0.15, 0.2) is 64.0 Å². The summed E-state index contributed by atoms with van der Waals surface area (Å²) in [5, 5.41) is 0. The molecule has 0 unspecified atom stereocenters. The van der Waals surface area contributed by atoms with Crippen molar-refractivity contribution in [2.24, 2.45) is 4.99 Å². The molecule has 0 fully saturated rings. The van der Waals surface area contributed by atoms with E-state index in [1.807, 2.05) is 62.4 Å².